The van der Waals surface area contributed by atoms with E-state index in [2.05, 4.69) is 0 Å². The van der Waals surface area contributed by atoms with Gasteiger partial charge in [0, 0.05) is 11.6 Å². The van der Waals surface area contributed by atoms with E-state index in [0.29, 0.717) is 5.56 Å². The lowest BCUT2D eigenvalue weighted by atomic mass is 10.0. The molecule has 5 heteroatoms. The third kappa shape index (κ3) is 2.34. The van der Waals surface area contributed by atoms with Gasteiger partial charge in [-0.3, -0.25) is 0 Å². The first kappa shape index (κ1) is 12.1. The summed E-state index contributed by atoms with van der Waals surface area (Å²) in [5.41, 5.74) is 6.04. The van der Waals surface area contributed by atoms with Crippen molar-refractivity contribution in [2.45, 2.75) is 19.1 Å². The molecule has 0 saturated carbocycles. The normalized spacial score (nSPS) is 14.7. The lowest BCUT2D eigenvalue weighted by molar-refractivity contribution is 0.149. The van der Waals surface area contributed by atoms with Crippen molar-refractivity contribution in [1.82, 2.24) is 0 Å². The first-order chi connectivity index (χ1) is 6.99. The number of aliphatic hydroxyl groups is 1. The summed E-state index contributed by atoms with van der Waals surface area (Å²) < 4.78 is 5.02. The quantitative estimate of drug-likeness (QED) is 0.736. The number of halogens is 1. The van der Waals surface area contributed by atoms with Crippen molar-refractivity contribution in [3.05, 3.63) is 22.7 Å². The number of hydrogen-bond acceptors (Lipinski definition) is 4. The first-order valence-electron chi connectivity index (χ1n) is 4.48. The van der Waals surface area contributed by atoms with Gasteiger partial charge < -0.3 is 20.7 Å². The second-order valence-electron chi connectivity index (χ2n) is 3.33. The maximum atomic E-state index is 9.78. The van der Waals surface area contributed by atoms with Crippen LogP contribution in [0.25, 0.3) is 0 Å². The van der Waals surface area contributed by atoms with Gasteiger partial charge in [0.1, 0.15) is 16.5 Å². The van der Waals surface area contributed by atoms with Crippen molar-refractivity contribution >= 4 is 11.6 Å². The van der Waals surface area contributed by atoms with E-state index in [9.17, 15) is 10.2 Å². The van der Waals surface area contributed by atoms with Crippen LogP contribution in [-0.2, 0) is 0 Å². The lowest BCUT2D eigenvalue weighted by Gasteiger charge is -2.18. The van der Waals surface area contributed by atoms with Crippen LogP contribution in [0.1, 0.15) is 18.6 Å². The Labute approximate surface area is 93.2 Å². The minimum Gasteiger partial charge on any atom is -0.506 e. The zero-order valence-electron chi connectivity index (χ0n) is 8.57. The number of rotatable bonds is 3. The number of phenolic OH excluding ortho intramolecular Hbond substituents is 1. The van der Waals surface area contributed by atoms with Crippen LogP contribution in [0.5, 0.6) is 11.5 Å². The molecule has 0 aromatic heterocycles. The van der Waals surface area contributed by atoms with Crippen LogP contribution in [0.2, 0.25) is 5.02 Å². The van der Waals surface area contributed by atoms with Gasteiger partial charge in [-0.05, 0) is 19.1 Å². The van der Waals surface area contributed by atoms with Crippen LogP contribution < -0.4 is 10.5 Å². The van der Waals surface area contributed by atoms with Crippen molar-refractivity contribution < 1.29 is 14.9 Å². The summed E-state index contributed by atoms with van der Waals surface area (Å²) in [5.74, 6) is 0.163. The molecule has 0 aliphatic carbocycles. The highest BCUT2D eigenvalue weighted by atomic mass is 35.5. The van der Waals surface area contributed by atoms with Crippen molar-refractivity contribution in [1.29, 1.82) is 0 Å². The smallest absolute Gasteiger partial charge is 0.147 e. The van der Waals surface area contributed by atoms with Crippen LogP contribution in [0.4, 0.5) is 0 Å². The number of ether oxygens (including phenoxy) is 1. The Morgan fingerprint density at radius 3 is 2.53 bits per heavy atom. The van der Waals surface area contributed by atoms with Crippen LogP contribution in [0.3, 0.4) is 0 Å². The number of aliphatic hydroxyl groups excluding tert-OH is 1. The highest BCUT2D eigenvalue weighted by Gasteiger charge is 2.20. The molecule has 2 atom stereocenters. The van der Waals surface area contributed by atoms with Crippen LogP contribution in [-0.4, -0.2) is 23.4 Å². The summed E-state index contributed by atoms with van der Waals surface area (Å²) in [5, 5.41) is 19.2. The summed E-state index contributed by atoms with van der Waals surface area (Å²) in [6.45, 7) is 1.67. The Morgan fingerprint density at radius 2 is 2.07 bits per heavy atom. The molecule has 1 rings (SSSR count). The summed E-state index contributed by atoms with van der Waals surface area (Å²) >= 11 is 5.82. The molecule has 0 bridgehead atoms. The molecular weight excluding hydrogens is 218 g/mol. The topological polar surface area (TPSA) is 75.7 Å². The first-order valence-corrected chi connectivity index (χ1v) is 4.85. The minimum absolute atomic E-state index is 0.0784. The van der Waals surface area contributed by atoms with E-state index in [1.165, 1.54) is 19.2 Å². The fourth-order valence-electron chi connectivity index (χ4n) is 1.28. The Bertz CT molecular complexity index is 355. The second kappa shape index (κ2) is 4.70. The van der Waals surface area contributed by atoms with E-state index in [4.69, 9.17) is 22.1 Å². The average molecular weight is 232 g/mol. The van der Waals surface area contributed by atoms with Crippen molar-refractivity contribution in [2.24, 2.45) is 5.73 Å². The van der Waals surface area contributed by atoms with Gasteiger partial charge >= 0.3 is 0 Å². The Hall–Kier alpha value is -0.970. The van der Waals surface area contributed by atoms with E-state index in [1.54, 1.807) is 6.92 Å². The molecule has 15 heavy (non-hydrogen) atoms. The Morgan fingerprint density at radius 1 is 1.47 bits per heavy atom. The summed E-state index contributed by atoms with van der Waals surface area (Å²) in [7, 11) is 1.41. The summed E-state index contributed by atoms with van der Waals surface area (Å²) in [6, 6.07) is 2.49. The number of aromatic hydroxyl groups is 1. The summed E-state index contributed by atoms with van der Waals surface area (Å²) in [6.07, 6.45) is -0.877. The van der Waals surface area contributed by atoms with Gasteiger partial charge in [0.05, 0.1) is 13.2 Å². The number of phenols is 1. The van der Waals surface area contributed by atoms with Crippen molar-refractivity contribution in [3.63, 3.8) is 0 Å². The van der Waals surface area contributed by atoms with Gasteiger partial charge in [-0.2, -0.15) is 0 Å². The zero-order chi connectivity index (χ0) is 11.6. The number of benzene rings is 1. The Kier molecular flexibility index (Phi) is 3.79. The number of methoxy groups -OCH3 is 1. The standard InChI is InChI=1S/C10H14ClNO3/c1-5(12)9(14)6-3-4-7(13)8(11)10(6)15-2/h3-5,9,13-14H,12H2,1-2H3. The minimum atomic E-state index is -0.877. The van der Waals surface area contributed by atoms with Gasteiger partial charge in [0.25, 0.3) is 0 Å². The summed E-state index contributed by atoms with van der Waals surface area (Å²) in [4.78, 5) is 0. The van der Waals surface area contributed by atoms with E-state index >= 15 is 0 Å². The predicted octanol–water partition coefficient (Wildman–Crippen LogP) is 1.43. The van der Waals surface area contributed by atoms with Crippen LogP contribution in [0, 0.1) is 0 Å². The molecule has 0 saturated heterocycles. The van der Waals surface area contributed by atoms with Crippen molar-refractivity contribution in [2.75, 3.05) is 7.11 Å². The van der Waals surface area contributed by atoms with E-state index in [0.717, 1.165) is 0 Å². The molecule has 1 aromatic carbocycles. The van der Waals surface area contributed by atoms with E-state index < -0.39 is 12.1 Å². The lowest BCUT2D eigenvalue weighted by Crippen LogP contribution is -2.24. The monoisotopic (exact) mass is 231 g/mol. The number of hydrogen-bond donors (Lipinski definition) is 3. The molecule has 4 N–H and O–H groups in total. The molecule has 0 fully saturated rings. The maximum Gasteiger partial charge on any atom is 0.147 e. The third-order valence-electron chi connectivity index (χ3n) is 2.13. The molecule has 0 heterocycles. The molecule has 2 unspecified atom stereocenters. The van der Waals surface area contributed by atoms with Crippen molar-refractivity contribution in [3.8, 4) is 11.5 Å². The molecule has 4 nitrogen and oxygen atoms in total. The molecule has 0 aliphatic rings. The average Bonchev–Trinajstić information content (AvgIpc) is 2.20. The van der Waals surface area contributed by atoms with E-state index in [-0.39, 0.29) is 16.5 Å². The Balaban J connectivity index is 3.24. The van der Waals surface area contributed by atoms with E-state index in [1.807, 2.05) is 0 Å². The molecule has 84 valence electrons. The molecule has 0 spiro atoms. The SMILES string of the molecule is COc1c(C(O)C(C)N)ccc(O)c1Cl. The maximum absolute atomic E-state index is 9.78. The third-order valence-corrected chi connectivity index (χ3v) is 2.49. The molecular formula is C10H14ClNO3. The van der Waals surface area contributed by atoms with Crippen LogP contribution in [0.15, 0.2) is 12.1 Å². The van der Waals surface area contributed by atoms with Gasteiger partial charge in [-0.15, -0.1) is 0 Å². The fourth-order valence-corrected chi connectivity index (χ4v) is 1.53. The largest absolute Gasteiger partial charge is 0.506 e. The zero-order valence-corrected chi connectivity index (χ0v) is 9.32. The van der Waals surface area contributed by atoms with Gasteiger partial charge in [-0.25, -0.2) is 0 Å². The molecule has 0 amide bonds. The van der Waals surface area contributed by atoms with Crippen LogP contribution >= 0.6 is 11.6 Å². The predicted molar refractivity (Wildman–Crippen MR) is 58.3 cm³/mol. The van der Waals surface area contributed by atoms with Gasteiger partial charge in [-0.1, -0.05) is 11.6 Å². The molecule has 0 aliphatic heterocycles. The second-order valence-corrected chi connectivity index (χ2v) is 3.70. The molecule has 0 radical (unpaired) electrons. The number of nitrogens with two attached hydrogens (primary N) is 1. The highest BCUT2D eigenvalue weighted by molar-refractivity contribution is 6.33. The fraction of sp³-hybridized carbons (Fsp3) is 0.400. The van der Waals surface area contributed by atoms with Gasteiger partial charge in [0.2, 0.25) is 0 Å². The molecule has 1 aromatic rings. The highest BCUT2D eigenvalue weighted by Crippen LogP contribution is 2.39. The van der Waals surface area contributed by atoms with Gasteiger partial charge in [0.15, 0.2) is 0 Å².